The number of rotatable bonds is 4. The number of carbonyl (C=O) groups is 1. The Morgan fingerprint density at radius 2 is 1.89 bits per heavy atom. The maximum atomic E-state index is 11.4. The van der Waals surface area contributed by atoms with Crippen LogP contribution in [-0.4, -0.2) is 35.5 Å². The van der Waals surface area contributed by atoms with E-state index in [2.05, 4.69) is 11.8 Å². The average Bonchev–Trinajstić information content (AvgIpc) is 2.30. The minimum atomic E-state index is -0.680. The van der Waals surface area contributed by atoms with Crippen LogP contribution in [0.25, 0.3) is 0 Å². The lowest BCUT2D eigenvalue weighted by molar-refractivity contribution is -0.151. The maximum Gasteiger partial charge on any atom is 0.312 e. The summed E-state index contributed by atoms with van der Waals surface area (Å²) < 4.78 is 4.98. The minimum Gasteiger partial charge on any atom is -0.452 e. The first kappa shape index (κ1) is 16.9. The zero-order valence-electron chi connectivity index (χ0n) is 11.9. The van der Waals surface area contributed by atoms with Gasteiger partial charge in [-0.1, -0.05) is 18.8 Å². The molecule has 0 amide bonds. The van der Waals surface area contributed by atoms with Crippen molar-refractivity contribution in [2.24, 2.45) is 17.3 Å². The summed E-state index contributed by atoms with van der Waals surface area (Å²) in [6.45, 7) is 8.80. The highest BCUT2D eigenvalue weighted by Gasteiger charge is 2.22. The molecule has 4 heteroatoms. The van der Waals surface area contributed by atoms with Crippen molar-refractivity contribution in [1.29, 1.82) is 0 Å². The molecular formula is C14H24O4. The molecule has 0 saturated heterocycles. The average molecular weight is 256 g/mol. The molecule has 0 aromatic carbocycles. The Hall–Kier alpha value is -1.05. The number of aliphatic hydroxyl groups is 2. The van der Waals surface area contributed by atoms with Crippen LogP contribution in [0.4, 0.5) is 0 Å². The second kappa shape index (κ2) is 7.40. The summed E-state index contributed by atoms with van der Waals surface area (Å²) in [4.78, 5) is 11.4. The standard InChI is InChI=1S/C14H24O4/c1-10(12(16)11(2)9-15)7-6-8-18-13(17)14(3,4)5/h10-12,15-16H,8-9H2,1-5H3/t10-,11+,12+/m1/s1. The van der Waals surface area contributed by atoms with Crippen molar-refractivity contribution in [1.82, 2.24) is 0 Å². The van der Waals surface area contributed by atoms with Gasteiger partial charge in [-0.15, -0.1) is 0 Å². The van der Waals surface area contributed by atoms with E-state index in [4.69, 9.17) is 9.84 Å². The van der Waals surface area contributed by atoms with Crippen molar-refractivity contribution >= 4 is 5.97 Å². The summed E-state index contributed by atoms with van der Waals surface area (Å²) in [6.07, 6.45) is -0.680. The summed E-state index contributed by atoms with van der Waals surface area (Å²) >= 11 is 0. The molecule has 3 atom stereocenters. The van der Waals surface area contributed by atoms with E-state index in [1.165, 1.54) is 0 Å². The fourth-order valence-electron chi connectivity index (χ4n) is 1.21. The highest BCUT2D eigenvalue weighted by atomic mass is 16.5. The van der Waals surface area contributed by atoms with Crippen LogP contribution in [0.15, 0.2) is 0 Å². The predicted molar refractivity (Wildman–Crippen MR) is 69.6 cm³/mol. The van der Waals surface area contributed by atoms with Gasteiger partial charge >= 0.3 is 5.97 Å². The maximum absolute atomic E-state index is 11.4. The van der Waals surface area contributed by atoms with Crippen molar-refractivity contribution in [3.63, 3.8) is 0 Å². The van der Waals surface area contributed by atoms with Gasteiger partial charge in [-0.25, -0.2) is 0 Å². The van der Waals surface area contributed by atoms with Gasteiger partial charge in [0, 0.05) is 18.4 Å². The molecule has 0 radical (unpaired) electrons. The topological polar surface area (TPSA) is 66.8 Å². The lowest BCUT2D eigenvalue weighted by atomic mass is 9.94. The number of hydrogen-bond donors (Lipinski definition) is 2. The molecule has 2 N–H and O–H groups in total. The van der Waals surface area contributed by atoms with Crippen LogP contribution in [0.2, 0.25) is 0 Å². The van der Waals surface area contributed by atoms with Gasteiger partial charge in [0.2, 0.25) is 0 Å². The van der Waals surface area contributed by atoms with Gasteiger partial charge < -0.3 is 14.9 Å². The fraction of sp³-hybridized carbons (Fsp3) is 0.786. The van der Waals surface area contributed by atoms with Crippen molar-refractivity contribution in [3.05, 3.63) is 0 Å². The van der Waals surface area contributed by atoms with Crippen LogP contribution in [-0.2, 0) is 9.53 Å². The third-order valence-electron chi connectivity index (χ3n) is 2.60. The Bertz CT molecular complexity index is 319. The summed E-state index contributed by atoms with van der Waals surface area (Å²) in [7, 11) is 0. The summed E-state index contributed by atoms with van der Waals surface area (Å²) in [5, 5.41) is 18.7. The Morgan fingerprint density at radius 3 is 2.33 bits per heavy atom. The van der Waals surface area contributed by atoms with Gasteiger partial charge in [-0.2, -0.15) is 0 Å². The molecule has 0 heterocycles. The van der Waals surface area contributed by atoms with Crippen molar-refractivity contribution in [3.8, 4) is 11.8 Å². The zero-order valence-corrected chi connectivity index (χ0v) is 11.9. The van der Waals surface area contributed by atoms with E-state index in [0.717, 1.165) is 0 Å². The Morgan fingerprint density at radius 1 is 1.33 bits per heavy atom. The van der Waals surface area contributed by atoms with Gasteiger partial charge in [0.1, 0.15) is 0 Å². The molecule has 0 aliphatic carbocycles. The van der Waals surface area contributed by atoms with E-state index in [1.54, 1.807) is 34.6 Å². The SMILES string of the molecule is C[C@H](C#CCOC(=O)C(C)(C)C)[C@H](O)[C@@H](C)CO. The molecule has 0 fully saturated rings. The Balaban J connectivity index is 4.16. The number of carbonyl (C=O) groups excluding carboxylic acids is 1. The molecule has 0 bridgehead atoms. The van der Waals surface area contributed by atoms with Gasteiger partial charge in [-0.3, -0.25) is 4.79 Å². The lowest BCUT2D eigenvalue weighted by Gasteiger charge is -2.19. The van der Waals surface area contributed by atoms with E-state index in [9.17, 15) is 9.90 Å². The Kier molecular flexibility index (Phi) is 6.97. The summed E-state index contributed by atoms with van der Waals surface area (Å²) in [5.41, 5.74) is -0.530. The first-order chi connectivity index (χ1) is 8.20. The second-order valence-electron chi connectivity index (χ2n) is 5.59. The number of hydrogen-bond acceptors (Lipinski definition) is 4. The van der Waals surface area contributed by atoms with Crippen molar-refractivity contribution < 1.29 is 19.7 Å². The summed E-state index contributed by atoms with van der Waals surface area (Å²) in [5.74, 6) is 4.75. The molecule has 4 nitrogen and oxygen atoms in total. The number of aliphatic hydroxyl groups excluding tert-OH is 2. The van der Waals surface area contributed by atoms with Gasteiger partial charge in [-0.05, 0) is 27.7 Å². The molecule has 0 aromatic heterocycles. The van der Waals surface area contributed by atoms with Crippen LogP contribution < -0.4 is 0 Å². The third-order valence-corrected chi connectivity index (χ3v) is 2.60. The molecule has 0 rings (SSSR count). The smallest absolute Gasteiger partial charge is 0.312 e. The molecule has 0 aliphatic rings. The molecule has 0 aliphatic heterocycles. The Labute approximate surface area is 109 Å². The molecule has 0 saturated carbocycles. The molecular weight excluding hydrogens is 232 g/mol. The normalized spacial score (nSPS) is 16.2. The van der Waals surface area contributed by atoms with Crippen LogP contribution in [0, 0.1) is 29.1 Å². The van der Waals surface area contributed by atoms with Crippen LogP contribution in [0.3, 0.4) is 0 Å². The largest absolute Gasteiger partial charge is 0.452 e. The van der Waals surface area contributed by atoms with Crippen LogP contribution in [0.5, 0.6) is 0 Å². The van der Waals surface area contributed by atoms with E-state index in [-0.39, 0.29) is 31.0 Å². The predicted octanol–water partition coefficient (Wildman–Crippen LogP) is 1.20. The molecule has 0 spiro atoms. The van der Waals surface area contributed by atoms with Crippen LogP contribution in [0.1, 0.15) is 34.6 Å². The van der Waals surface area contributed by atoms with E-state index < -0.39 is 11.5 Å². The molecule has 18 heavy (non-hydrogen) atoms. The van der Waals surface area contributed by atoms with Gasteiger partial charge in [0.05, 0.1) is 11.5 Å². The van der Waals surface area contributed by atoms with Crippen molar-refractivity contribution in [2.75, 3.05) is 13.2 Å². The monoisotopic (exact) mass is 256 g/mol. The molecule has 0 aromatic rings. The number of esters is 1. The highest BCUT2D eigenvalue weighted by molar-refractivity contribution is 5.75. The van der Waals surface area contributed by atoms with Gasteiger partial charge in [0.15, 0.2) is 6.61 Å². The molecule has 104 valence electrons. The second-order valence-corrected chi connectivity index (χ2v) is 5.59. The van der Waals surface area contributed by atoms with E-state index >= 15 is 0 Å². The number of ether oxygens (including phenoxy) is 1. The van der Waals surface area contributed by atoms with E-state index in [1.807, 2.05) is 0 Å². The highest BCUT2D eigenvalue weighted by Crippen LogP contribution is 2.15. The van der Waals surface area contributed by atoms with Crippen LogP contribution >= 0.6 is 0 Å². The first-order valence-corrected chi connectivity index (χ1v) is 6.14. The zero-order chi connectivity index (χ0) is 14.3. The minimum absolute atomic E-state index is 0.0284. The first-order valence-electron chi connectivity index (χ1n) is 6.14. The van der Waals surface area contributed by atoms with Gasteiger partial charge in [0.25, 0.3) is 0 Å². The van der Waals surface area contributed by atoms with Crippen molar-refractivity contribution in [2.45, 2.75) is 40.7 Å². The molecule has 0 unspecified atom stereocenters. The lowest BCUT2D eigenvalue weighted by Crippen LogP contribution is -2.27. The quantitative estimate of drug-likeness (QED) is 0.586. The fourth-order valence-corrected chi connectivity index (χ4v) is 1.21. The third kappa shape index (κ3) is 6.04. The summed E-state index contributed by atoms with van der Waals surface area (Å²) in [6, 6.07) is 0. The van der Waals surface area contributed by atoms with E-state index in [0.29, 0.717) is 0 Å².